The highest BCUT2D eigenvalue weighted by Crippen LogP contribution is 2.35. The van der Waals surface area contributed by atoms with E-state index >= 15 is 0 Å². The summed E-state index contributed by atoms with van der Waals surface area (Å²) in [5, 5.41) is 3.38. The third-order valence-electron chi connectivity index (χ3n) is 4.12. The van der Waals surface area contributed by atoms with Gasteiger partial charge in [0.2, 0.25) is 0 Å². The molecule has 1 N–H and O–H groups in total. The fourth-order valence-corrected chi connectivity index (χ4v) is 2.62. The molecular weight excluding hydrogens is 294 g/mol. The number of ether oxygens (including phenoxy) is 1. The Balaban J connectivity index is 2.06. The fourth-order valence-electron chi connectivity index (χ4n) is 2.62. The third kappa shape index (κ3) is 5.02. The van der Waals surface area contributed by atoms with Gasteiger partial charge in [-0.1, -0.05) is 71.9 Å². The summed E-state index contributed by atoms with van der Waals surface area (Å²) in [6.07, 6.45) is 0. The Bertz CT molecular complexity index is 648. The van der Waals surface area contributed by atoms with Crippen LogP contribution in [0, 0.1) is 0 Å². The Kier molecular flexibility index (Phi) is 5.58. The predicted molar refractivity (Wildman–Crippen MR) is 104 cm³/mol. The van der Waals surface area contributed by atoms with E-state index in [0.717, 1.165) is 18.0 Å². The maximum Gasteiger partial charge on any atom is 0.123 e. The lowest BCUT2D eigenvalue weighted by molar-refractivity contribution is 0.322. The van der Waals surface area contributed by atoms with Crippen molar-refractivity contribution in [2.75, 3.05) is 18.5 Å². The maximum atomic E-state index is 6.09. The summed E-state index contributed by atoms with van der Waals surface area (Å²) in [6, 6.07) is 16.8. The summed E-state index contributed by atoms with van der Waals surface area (Å²) in [6.45, 7) is 14.9. The molecule has 2 aromatic rings. The van der Waals surface area contributed by atoms with E-state index in [4.69, 9.17) is 4.74 Å². The molecule has 0 saturated heterocycles. The van der Waals surface area contributed by atoms with Crippen molar-refractivity contribution in [2.45, 2.75) is 52.4 Å². The first-order valence-electron chi connectivity index (χ1n) is 8.75. The second kappa shape index (κ2) is 7.29. The minimum absolute atomic E-state index is 0.0590. The molecule has 0 aliphatic heterocycles. The van der Waals surface area contributed by atoms with Crippen molar-refractivity contribution in [3.63, 3.8) is 0 Å². The molecule has 2 nitrogen and oxygen atoms in total. The first-order chi connectivity index (χ1) is 11.2. The number of hydrogen-bond donors (Lipinski definition) is 1. The van der Waals surface area contributed by atoms with Crippen LogP contribution in [0.1, 0.15) is 52.7 Å². The van der Waals surface area contributed by atoms with Crippen LogP contribution in [0.4, 0.5) is 5.69 Å². The van der Waals surface area contributed by atoms with Gasteiger partial charge in [-0.2, -0.15) is 0 Å². The first-order valence-corrected chi connectivity index (χ1v) is 8.75. The smallest absolute Gasteiger partial charge is 0.123 e. The van der Waals surface area contributed by atoms with Crippen molar-refractivity contribution < 1.29 is 4.74 Å². The Hall–Kier alpha value is -1.96. The molecule has 0 radical (unpaired) electrons. The molecule has 0 fully saturated rings. The van der Waals surface area contributed by atoms with Crippen LogP contribution in [-0.2, 0) is 10.8 Å². The van der Waals surface area contributed by atoms with Crippen LogP contribution < -0.4 is 10.1 Å². The highest BCUT2D eigenvalue weighted by Gasteiger charge is 2.22. The first kappa shape index (κ1) is 18.4. The lowest BCUT2D eigenvalue weighted by Gasteiger charge is -2.27. The van der Waals surface area contributed by atoms with Gasteiger partial charge < -0.3 is 10.1 Å². The van der Waals surface area contributed by atoms with Crippen molar-refractivity contribution in [3.8, 4) is 5.75 Å². The second-order valence-electron chi connectivity index (χ2n) is 8.35. The van der Waals surface area contributed by atoms with Crippen LogP contribution in [0.2, 0.25) is 0 Å². The van der Waals surface area contributed by atoms with Gasteiger partial charge >= 0.3 is 0 Å². The predicted octanol–water partition coefficient (Wildman–Crippen LogP) is 5.77. The summed E-state index contributed by atoms with van der Waals surface area (Å²) < 4.78 is 6.09. The Morgan fingerprint density at radius 1 is 0.833 bits per heavy atom. The number of rotatable bonds is 5. The number of nitrogens with one attached hydrogen (secondary N) is 1. The van der Waals surface area contributed by atoms with Gasteiger partial charge in [-0.05, 0) is 40.2 Å². The van der Waals surface area contributed by atoms with Crippen LogP contribution in [0.5, 0.6) is 5.75 Å². The van der Waals surface area contributed by atoms with Gasteiger partial charge in [0.15, 0.2) is 0 Å². The molecule has 0 aliphatic rings. The molecule has 2 heteroatoms. The van der Waals surface area contributed by atoms with Gasteiger partial charge in [0.05, 0.1) is 0 Å². The van der Waals surface area contributed by atoms with Gasteiger partial charge in [-0.3, -0.25) is 0 Å². The minimum Gasteiger partial charge on any atom is -0.491 e. The zero-order valence-corrected chi connectivity index (χ0v) is 15.9. The molecular formula is C22H31NO. The molecule has 0 saturated carbocycles. The van der Waals surface area contributed by atoms with Crippen LogP contribution >= 0.6 is 0 Å². The molecule has 0 spiro atoms. The molecule has 0 atom stereocenters. The molecule has 24 heavy (non-hydrogen) atoms. The molecule has 2 aromatic carbocycles. The lowest BCUT2D eigenvalue weighted by Crippen LogP contribution is -2.19. The van der Waals surface area contributed by atoms with E-state index in [9.17, 15) is 0 Å². The molecule has 2 rings (SSSR count). The van der Waals surface area contributed by atoms with E-state index in [-0.39, 0.29) is 10.8 Å². The quantitative estimate of drug-likeness (QED) is 0.704. The second-order valence-corrected chi connectivity index (χ2v) is 8.35. The molecule has 0 aliphatic carbocycles. The number of benzene rings is 2. The lowest BCUT2D eigenvalue weighted by atomic mass is 9.80. The monoisotopic (exact) mass is 325 g/mol. The molecule has 0 aromatic heterocycles. The number of para-hydroxylation sites is 1. The third-order valence-corrected chi connectivity index (χ3v) is 4.12. The van der Waals surface area contributed by atoms with E-state index in [1.165, 1.54) is 11.1 Å². The summed E-state index contributed by atoms with van der Waals surface area (Å²) in [7, 11) is 0. The standard InChI is InChI=1S/C22H31NO/c1-21(2,3)17-12-13-20(19(16-17)22(4,5)6)24-15-14-23-18-10-8-7-9-11-18/h7-13,16,23H,14-15H2,1-6H3. The zero-order valence-electron chi connectivity index (χ0n) is 15.9. The number of hydrogen-bond acceptors (Lipinski definition) is 2. The summed E-state index contributed by atoms with van der Waals surface area (Å²) in [5.74, 6) is 0.991. The molecule has 0 amide bonds. The van der Waals surface area contributed by atoms with Crippen molar-refractivity contribution >= 4 is 5.69 Å². The Labute approximate surface area is 147 Å². The SMILES string of the molecule is CC(C)(C)c1ccc(OCCNc2ccccc2)c(C(C)(C)C)c1. The minimum atomic E-state index is 0.0590. The average Bonchev–Trinajstić information content (AvgIpc) is 2.50. The fraction of sp³-hybridized carbons (Fsp3) is 0.455. The zero-order chi connectivity index (χ0) is 17.8. The van der Waals surface area contributed by atoms with Crippen LogP contribution in [0.15, 0.2) is 48.5 Å². The van der Waals surface area contributed by atoms with Gasteiger partial charge in [0.25, 0.3) is 0 Å². The number of anilines is 1. The van der Waals surface area contributed by atoms with E-state index in [0.29, 0.717) is 6.61 Å². The summed E-state index contributed by atoms with van der Waals surface area (Å²) >= 11 is 0. The highest BCUT2D eigenvalue weighted by molar-refractivity contribution is 5.44. The summed E-state index contributed by atoms with van der Waals surface area (Å²) in [4.78, 5) is 0. The van der Waals surface area contributed by atoms with Crippen molar-refractivity contribution in [2.24, 2.45) is 0 Å². The van der Waals surface area contributed by atoms with E-state index in [2.05, 4.69) is 77.2 Å². The Morgan fingerprint density at radius 3 is 2.08 bits per heavy atom. The molecule has 0 heterocycles. The Morgan fingerprint density at radius 2 is 1.50 bits per heavy atom. The highest BCUT2D eigenvalue weighted by atomic mass is 16.5. The van der Waals surface area contributed by atoms with Crippen molar-refractivity contribution in [1.82, 2.24) is 0 Å². The van der Waals surface area contributed by atoms with E-state index in [1.807, 2.05) is 18.2 Å². The topological polar surface area (TPSA) is 21.3 Å². The van der Waals surface area contributed by atoms with E-state index < -0.39 is 0 Å². The molecule has 130 valence electrons. The normalized spacial score (nSPS) is 12.1. The molecule has 0 unspecified atom stereocenters. The van der Waals surface area contributed by atoms with Gasteiger partial charge in [-0.25, -0.2) is 0 Å². The van der Waals surface area contributed by atoms with Crippen LogP contribution in [0.25, 0.3) is 0 Å². The van der Waals surface area contributed by atoms with Crippen LogP contribution in [0.3, 0.4) is 0 Å². The van der Waals surface area contributed by atoms with E-state index in [1.54, 1.807) is 0 Å². The van der Waals surface area contributed by atoms with Crippen LogP contribution in [-0.4, -0.2) is 13.2 Å². The summed E-state index contributed by atoms with van der Waals surface area (Å²) in [5.41, 5.74) is 3.95. The van der Waals surface area contributed by atoms with Crippen molar-refractivity contribution in [1.29, 1.82) is 0 Å². The maximum absolute atomic E-state index is 6.09. The largest absolute Gasteiger partial charge is 0.491 e. The van der Waals surface area contributed by atoms with Gasteiger partial charge in [0, 0.05) is 12.2 Å². The average molecular weight is 325 g/mol. The van der Waals surface area contributed by atoms with Gasteiger partial charge in [-0.15, -0.1) is 0 Å². The van der Waals surface area contributed by atoms with Crippen molar-refractivity contribution in [3.05, 3.63) is 59.7 Å². The molecule has 0 bridgehead atoms. The van der Waals surface area contributed by atoms with Gasteiger partial charge in [0.1, 0.15) is 12.4 Å².